The Bertz CT molecular complexity index is 801. The van der Waals surface area contributed by atoms with E-state index in [0.717, 1.165) is 21.6 Å². The van der Waals surface area contributed by atoms with Gasteiger partial charge in [0.15, 0.2) is 5.78 Å². The molecule has 1 heteroatoms. The first-order valence-corrected chi connectivity index (χ1v) is 6.43. The van der Waals surface area contributed by atoms with Crippen molar-refractivity contribution in [3.05, 3.63) is 82.3 Å². The summed E-state index contributed by atoms with van der Waals surface area (Å²) >= 11 is 0. The van der Waals surface area contributed by atoms with Crippen LogP contribution in [0.3, 0.4) is 0 Å². The van der Waals surface area contributed by atoms with Crippen molar-refractivity contribution in [2.75, 3.05) is 0 Å². The van der Waals surface area contributed by atoms with E-state index in [1.165, 1.54) is 0 Å². The Morgan fingerprint density at radius 3 is 2.35 bits per heavy atom. The number of hydrogen-bond donors (Lipinski definition) is 0. The molecule has 100 valence electrons. The van der Waals surface area contributed by atoms with Crippen molar-refractivity contribution in [2.24, 2.45) is 0 Å². The number of benzene rings is 1. The molecule has 1 aromatic carbocycles. The number of carbonyl (C=O) groups is 1. The minimum atomic E-state index is -0.0447. The number of carbonyl (C=O) groups excluding carboxylic acids is 1. The standard InChI is InChI=1S/C19H18O/c1-11(2)9-17-14(5)15(6)18(19(17)20)16-8-7-12(3)10-13(16)4/h7-10H,1,4-6H2,2-3H3/b17-9+,18-16+. The topological polar surface area (TPSA) is 17.1 Å². The number of Topliss-reactive ketones (excluding diaryl/α,β-unsaturated/α-hetero) is 1. The van der Waals surface area contributed by atoms with Gasteiger partial charge in [0, 0.05) is 11.1 Å². The SMILES string of the molecule is C=C(C)/C=C1\C(=C)C(=C)/C(=c2/ccc(C)cc2=C)C1=O. The lowest BCUT2D eigenvalue weighted by atomic mass is 10.0. The van der Waals surface area contributed by atoms with Crippen molar-refractivity contribution in [1.29, 1.82) is 0 Å². The Labute approximate surface area is 119 Å². The third-order valence-electron chi connectivity index (χ3n) is 3.38. The predicted octanol–water partition coefficient (Wildman–Crippen LogP) is 2.75. The van der Waals surface area contributed by atoms with Crippen molar-refractivity contribution >= 4 is 17.9 Å². The lowest BCUT2D eigenvalue weighted by Crippen LogP contribution is -2.27. The number of aryl methyl sites for hydroxylation is 1. The fraction of sp³-hybridized carbons (Fsp3) is 0.105. The zero-order chi connectivity index (χ0) is 15.0. The van der Waals surface area contributed by atoms with Gasteiger partial charge in [0.1, 0.15) is 0 Å². The largest absolute Gasteiger partial charge is 0.289 e. The van der Waals surface area contributed by atoms with Crippen LogP contribution in [0.1, 0.15) is 12.5 Å². The highest BCUT2D eigenvalue weighted by Crippen LogP contribution is 2.35. The number of rotatable bonds is 1. The van der Waals surface area contributed by atoms with Crippen molar-refractivity contribution in [1.82, 2.24) is 0 Å². The second-order valence-corrected chi connectivity index (χ2v) is 5.23. The van der Waals surface area contributed by atoms with Crippen LogP contribution in [0.2, 0.25) is 0 Å². The minimum Gasteiger partial charge on any atom is -0.289 e. The summed E-state index contributed by atoms with van der Waals surface area (Å²) in [7, 11) is 0. The number of allylic oxidation sites excluding steroid dienone is 5. The molecule has 0 heterocycles. The first kappa shape index (κ1) is 14.0. The number of ketones is 1. The molecule has 1 aliphatic rings. The maximum absolute atomic E-state index is 12.6. The fourth-order valence-corrected chi connectivity index (χ4v) is 2.37. The summed E-state index contributed by atoms with van der Waals surface area (Å²) in [6, 6.07) is 5.86. The maximum atomic E-state index is 12.6. The van der Waals surface area contributed by atoms with Crippen LogP contribution in [-0.2, 0) is 4.79 Å². The Balaban J connectivity index is 2.80. The molecule has 1 nitrogen and oxygen atoms in total. The highest BCUT2D eigenvalue weighted by atomic mass is 16.1. The van der Waals surface area contributed by atoms with E-state index in [1.807, 2.05) is 32.0 Å². The molecular formula is C19H18O. The molecule has 1 fully saturated rings. The van der Waals surface area contributed by atoms with Gasteiger partial charge in [-0.1, -0.05) is 55.7 Å². The summed E-state index contributed by atoms with van der Waals surface area (Å²) < 4.78 is 0. The molecule has 0 amide bonds. The van der Waals surface area contributed by atoms with E-state index in [2.05, 4.69) is 26.3 Å². The summed E-state index contributed by atoms with van der Waals surface area (Å²) in [5.41, 5.74) is 4.48. The molecule has 0 atom stereocenters. The zero-order valence-electron chi connectivity index (χ0n) is 12.0. The van der Waals surface area contributed by atoms with Gasteiger partial charge >= 0.3 is 0 Å². The van der Waals surface area contributed by atoms with Gasteiger partial charge in [-0.3, -0.25) is 4.79 Å². The van der Waals surface area contributed by atoms with Gasteiger partial charge in [-0.15, -0.1) is 0 Å². The molecule has 1 saturated carbocycles. The van der Waals surface area contributed by atoms with Crippen molar-refractivity contribution in [2.45, 2.75) is 13.8 Å². The molecule has 0 aromatic heterocycles. The Morgan fingerprint density at radius 2 is 1.80 bits per heavy atom. The second-order valence-electron chi connectivity index (χ2n) is 5.23. The summed E-state index contributed by atoms with van der Waals surface area (Å²) in [5, 5.41) is 1.66. The maximum Gasteiger partial charge on any atom is 0.194 e. The summed E-state index contributed by atoms with van der Waals surface area (Å²) in [6.45, 7) is 19.7. The summed E-state index contributed by atoms with van der Waals surface area (Å²) in [5.74, 6) is -0.0447. The lowest BCUT2D eigenvalue weighted by molar-refractivity contribution is -0.110. The molecule has 0 unspecified atom stereocenters. The van der Waals surface area contributed by atoms with Gasteiger partial charge in [0.05, 0.1) is 0 Å². The molecule has 0 spiro atoms. The molecule has 20 heavy (non-hydrogen) atoms. The Hall–Kier alpha value is -2.41. The zero-order valence-corrected chi connectivity index (χ0v) is 12.0. The van der Waals surface area contributed by atoms with Crippen molar-refractivity contribution in [3.63, 3.8) is 0 Å². The van der Waals surface area contributed by atoms with E-state index < -0.39 is 0 Å². The quantitative estimate of drug-likeness (QED) is 0.711. The van der Waals surface area contributed by atoms with Crippen LogP contribution in [0.4, 0.5) is 0 Å². The van der Waals surface area contributed by atoms with E-state index in [4.69, 9.17) is 0 Å². The summed E-state index contributed by atoms with van der Waals surface area (Å²) in [6.07, 6.45) is 1.76. The van der Waals surface area contributed by atoms with Crippen LogP contribution in [0.15, 0.2) is 66.3 Å². The van der Waals surface area contributed by atoms with Gasteiger partial charge in [0.25, 0.3) is 0 Å². The van der Waals surface area contributed by atoms with Gasteiger partial charge in [-0.05, 0) is 41.5 Å². The molecule has 1 aromatic rings. The highest BCUT2D eigenvalue weighted by Gasteiger charge is 2.30. The smallest absolute Gasteiger partial charge is 0.194 e. The predicted molar refractivity (Wildman–Crippen MR) is 85.5 cm³/mol. The van der Waals surface area contributed by atoms with Gasteiger partial charge in [0.2, 0.25) is 0 Å². The molecule has 0 saturated heterocycles. The normalized spacial score (nSPS) is 19.9. The first-order chi connectivity index (χ1) is 9.32. The molecule has 0 bridgehead atoms. The average Bonchev–Trinajstić information content (AvgIpc) is 2.55. The van der Waals surface area contributed by atoms with Crippen LogP contribution in [-0.4, -0.2) is 5.78 Å². The monoisotopic (exact) mass is 262 g/mol. The van der Waals surface area contributed by atoms with Crippen LogP contribution in [0.5, 0.6) is 0 Å². The van der Waals surface area contributed by atoms with Crippen molar-refractivity contribution in [3.8, 4) is 0 Å². The van der Waals surface area contributed by atoms with Crippen LogP contribution in [0, 0.1) is 6.92 Å². The van der Waals surface area contributed by atoms with Gasteiger partial charge < -0.3 is 0 Å². The highest BCUT2D eigenvalue weighted by molar-refractivity contribution is 6.36. The van der Waals surface area contributed by atoms with Crippen LogP contribution in [0.25, 0.3) is 12.2 Å². The first-order valence-electron chi connectivity index (χ1n) is 6.43. The minimum absolute atomic E-state index is 0.0447. The molecule has 0 aliphatic heterocycles. The third kappa shape index (κ3) is 2.23. The molecule has 0 radical (unpaired) electrons. The van der Waals surface area contributed by atoms with E-state index in [9.17, 15) is 4.79 Å². The average molecular weight is 262 g/mol. The molecular weight excluding hydrogens is 244 g/mol. The Kier molecular flexibility index (Phi) is 3.46. The van der Waals surface area contributed by atoms with Crippen LogP contribution >= 0.6 is 0 Å². The van der Waals surface area contributed by atoms with E-state index in [1.54, 1.807) is 6.08 Å². The van der Waals surface area contributed by atoms with Gasteiger partial charge in [-0.25, -0.2) is 0 Å². The third-order valence-corrected chi connectivity index (χ3v) is 3.38. The van der Waals surface area contributed by atoms with Gasteiger partial charge in [-0.2, -0.15) is 0 Å². The summed E-state index contributed by atoms with van der Waals surface area (Å²) in [4.78, 5) is 12.6. The Morgan fingerprint density at radius 1 is 1.15 bits per heavy atom. The van der Waals surface area contributed by atoms with Crippen molar-refractivity contribution < 1.29 is 4.79 Å². The van der Waals surface area contributed by atoms with E-state index >= 15 is 0 Å². The molecule has 1 aliphatic carbocycles. The fourth-order valence-electron chi connectivity index (χ4n) is 2.37. The molecule has 0 N–H and O–H groups in total. The number of hydrogen-bond acceptors (Lipinski definition) is 1. The van der Waals surface area contributed by atoms with E-state index in [-0.39, 0.29) is 5.78 Å². The molecule has 2 rings (SSSR count). The van der Waals surface area contributed by atoms with E-state index in [0.29, 0.717) is 22.3 Å². The van der Waals surface area contributed by atoms with Crippen LogP contribution < -0.4 is 10.4 Å². The second kappa shape index (κ2) is 4.93. The lowest BCUT2D eigenvalue weighted by Gasteiger charge is -1.99.